The van der Waals surface area contributed by atoms with Crippen LogP contribution in [0.4, 0.5) is 8.78 Å². The first kappa shape index (κ1) is 15.7. The van der Waals surface area contributed by atoms with Crippen LogP contribution in [0.25, 0.3) is 10.6 Å². The Hall–Kier alpha value is -1.86. The molecule has 0 radical (unpaired) electrons. The number of aromatic nitrogens is 1. The predicted octanol–water partition coefficient (Wildman–Crippen LogP) is 2.91. The van der Waals surface area contributed by atoms with E-state index in [0.29, 0.717) is 21.4 Å². The monoisotopic (exact) mass is 349 g/mol. The number of piperidine rings is 3. The number of carbonyl (C=O) groups is 1. The summed E-state index contributed by atoms with van der Waals surface area (Å²) in [7, 11) is 0. The van der Waals surface area contributed by atoms with Gasteiger partial charge in [-0.2, -0.15) is 0 Å². The van der Waals surface area contributed by atoms with Crippen molar-refractivity contribution < 1.29 is 13.6 Å². The number of halogens is 2. The first-order chi connectivity index (χ1) is 11.6. The van der Waals surface area contributed by atoms with Crippen molar-refractivity contribution in [2.75, 3.05) is 19.6 Å². The van der Waals surface area contributed by atoms with Crippen molar-refractivity contribution in [3.63, 3.8) is 0 Å². The molecule has 3 aliphatic heterocycles. The lowest BCUT2D eigenvalue weighted by Crippen LogP contribution is -2.57. The van der Waals surface area contributed by atoms with E-state index < -0.39 is 11.6 Å². The highest BCUT2D eigenvalue weighted by Gasteiger charge is 2.35. The smallest absolute Gasteiger partial charge is 0.263 e. The number of benzene rings is 1. The number of hydrogen-bond donors (Lipinski definition) is 1. The van der Waals surface area contributed by atoms with E-state index in [-0.39, 0.29) is 11.9 Å². The van der Waals surface area contributed by atoms with E-state index in [0.717, 1.165) is 44.6 Å². The quantitative estimate of drug-likeness (QED) is 0.927. The van der Waals surface area contributed by atoms with Gasteiger partial charge in [0.05, 0.1) is 6.20 Å². The Labute approximate surface area is 142 Å². The summed E-state index contributed by atoms with van der Waals surface area (Å²) < 4.78 is 26.4. The van der Waals surface area contributed by atoms with Crippen molar-refractivity contribution in [1.29, 1.82) is 0 Å². The van der Waals surface area contributed by atoms with Gasteiger partial charge in [-0.25, -0.2) is 13.8 Å². The molecule has 3 aliphatic rings. The van der Waals surface area contributed by atoms with Gasteiger partial charge < -0.3 is 10.2 Å². The molecule has 1 amide bonds. The molecule has 1 aromatic carbocycles. The minimum absolute atomic E-state index is 0.139. The first-order valence-corrected chi connectivity index (χ1v) is 8.86. The van der Waals surface area contributed by atoms with Crippen LogP contribution in [0.5, 0.6) is 0 Å². The van der Waals surface area contributed by atoms with E-state index in [4.69, 9.17) is 0 Å². The third kappa shape index (κ3) is 2.93. The van der Waals surface area contributed by atoms with Crippen LogP contribution < -0.4 is 5.32 Å². The van der Waals surface area contributed by atoms with E-state index in [1.165, 1.54) is 23.6 Å². The molecule has 24 heavy (non-hydrogen) atoms. The minimum atomic E-state index is -0.916. The molecule has 0 saturated carbocycles. The zero-order valence-electron chi connectivity index (χ0n) is 13.0. The fourth-order valence-electron chi connectivity index (χ4n) is 3.51. The average Bonchev–Trinajstić information content (AvgIpc) is 3.09. The van der Waals surface area contributed by atoms with Gasteiger partial charge in [-0.3, -0.25) is 4.79 Å². The maximum atomic E-state index is 13.3. The summed E-state index contributed by atoms with van der Waals surface area (Å²) in [6, 6.07) is 3.82. The lowest BCUT2D eigenvalue weighted by atomic mass is 9.84. The fourth-order valence-corrected chi connectivity index (χ4v) is 4.33. The van der Waals surface area contributed by atoms with Crippen LogP contribution in [0, 0.1) is 17.6 Å². The van der Waals surface area contributed by atoms with Gasteiger partial charge in [0.15, 0.2) is 11.6 Å². The molecule has 3 saturated heterocycles. The largest absolute Gasteiger partial charge is 0.347 e. The Morgan fingerprint density at radius 3 is 2.71 bits per heavy atom. The summed E-state index contributed by atoms with van der Waals surface area (Å²) in [4.78, 5) is 19.5. The van der Waals surface area contributed by atoms with Crippen LogP contribution in [0.1, 0.15) is 22.5 Å². The van der Waals surface area contributed by atoms with Gasteiger partial charge >= 0.3 is 0 Å². The Morgan fingerprint density at radius 2 is 2.04 bits per heavy atom. The normalized spacial score (nSPS) is 25.7. The number of rotatable bonds is 3. The molecule has 1 atom stereocenters. The summed E-state index contributed by atoms with van der Waals surface area (Å²) in [6.07, 6.45) is 3.76. The SMILES string of the molecule is O=C(N[C@H]1CN2CCC1CC2)c1cnc(-c2ccc(F)c(F)c2)s1. The van der Waals surface area contributed by atoms with Crippen LogP contribution in [-0.2, 0) is 0 Å². The molecule has 2 aromatic rings. The Balaban J connectivity index is 1.48. The fraction of sp³-hybridized carbons (Fsp3) is 0.412. The summed E-state index contributed by atoms with van der Waals surface area (Å²) in [5.41, 5.74) is 0.473. The number of fused-ring (bicyclic) bond motifs is 3. The molecule has 0 spiro atoms. The third-order valence-electron chi connectivity index (χ3n) is 4.87. The maximum absolute atomic E-state index is 13.3. The van der Waals surface area contributed by atoms with Gasteiger partial charge in [0, 0.05) is 18.2 Å². The van der Waals surface area contributed by atoms with Crippen molar-refractivity contribution in [1.82, 2.24) is 15.2 Å². The van der Waals surface area contributed by atoms with Crippen molar-refractivity contribution in [3.8, 4) is 10.6 Å². The molecule has 5 rings (SSSR count). The molecule has 4 nitrogen and oxygen atoms in total. The van der Waals surface area contributed by atoms with Crippen molar-refractivity contribution in [2.45, 2.75) is 18.9 Å². The Bertz CT molecular complexity index is 771. The van der Waals surface area contributed by atoms with Crippen molar-refractivity contribution >= 4 is 17.2 Å². The Kier molecular flexibility index (Phi) is 4.05. The number of nitrogens with one attached hydrogen (secondary N) is 1. The molecule has 7 heteroatoms. The second-order valence-electron chi connectivity index (χ2n) is 6.38. The van der Waals surface area contributed by atoms with Gasteiger partial charge in [0.1, 0.15) is 9.88 Å². The summed E-state index contributed by atoms with van der Waals surface area (Å²) in [5.74, 6) is -1.39. The molecule has 3 fully saturated rings. The molecular formula is C17H17F2N3OS. The summed E-state index contributed by atoms with van der Waals surface area (Å²) >= 11 is 1.19. The number of carbonyl (C=O) groups excluding carboxylic acids is 1. The van der Waals surface area contributed by atoms with Crippen LogP contribution >= 0.6 is 11.3 Å². The lowest BCUT2D eigenvalue weighted by Gasteiger charge is -2.44. The molecule has 0 unspecified atom stereocenters. The second-order valence-corrected chi connectivity index (χ2v) is 7.41. The van der Waals surface area contributed by atoms with Crippen LogP contribution in [0.2, 0.25) is 0 Å². The molecule has 1 aromatic heterocycles. The number of thiazole rings is 1. The van der Waals surface area contributed by atoms with E-state index in [9.17, 15) is 13.6 Å². The second kappa shape index (κ2) is 6.22. The maximum Gasteiger partial charge on any atom is 0.263 e. The zero-order valence-corrected chi connectivity index (χ0v) is 13.8. The van der Waals surface area contributed by atoms with Crippen LogP contribution in [0.15, 0.2) is 24.4 Å². The molecule has 4 heterocycles. The highest BCUT2D eigenvalue weighted by molar-refractivity contribution is 7.16. The lowest BCUT2D eigenvalue weighted by molar-refractivity contribution is 0.0622. The van der Waals surface area contributed by atoms with Crippen molar-refractivity contribution in [3.05, 3.63) is 40.9 Å². The molecular weight excluding hydrogens is 332 g/mol. The van der Waals surface area contributed by atoms with E-state index in [1.54, 1.807) is 0 Å². The summed E-state index contributed by atoms with van der Waals surface area (Å²) in [5, 5.41) is 3.61. The third-order valence-corrected chi connectivity index (χ3v) is 5.91. The topological polar surface area (TPSA) is 45.2 Å². The molecule has 0 aliphatic carbocycles. The van der Waals surface area contributed by atoms with Crippen LogP contribution in [0.3, 0.4) is 0 Å². The first-order valence-electron chi connectivity index (χ1n) is 8.04. The van der Waals surface area contributed by atoms with Gasteiger partial charge in [0.2, 0.25) is 0 Å². The van der Waals surface area contributed by atoms with E-state index in [1.807, 2.05) is 0 Å². The number of amides is 1. The van der Waals surface area contributed by atoms with Crippen LogP contribution in [-0.4, -0.2) is 41.5 Å². The Morgan fingerprint density at radius 1 is 1.25 bits per heavy atom. The number of hydrogen-bond acceptors (Lipinski definition) is 4. The highest BCUT2D eigenvalue weighted by atomic mass is 32.1. The minimum Gasteiger partial charge on any atom is -0.347 e. The van der Waals surface area contributed by atoms with E-state index in [2.05, 4.69) is 15.2 Å². The van der Waals surface area contributed by atoms with Gasteiger partial charge in [-0.05, 0) is 50.0 Å². The highest BCUT2D eigenvalue weighted by Crippen LogP contribution is 2.29. The van der Waals surface area contributed by atoms with Crippen molar-refractivity contribution in [2.24, 2.45) is 5.92 Å². The van der Waals surface area contributed by atoms with Gasteiger partial charge in [-0.15, -0.1) is 11.3 Å². The molecule has 2 bridgehead atoms. The average molecular weight is 349 g/mol. The number of nitrogens with zero attached hydrogens (tertiary/aromatic N) is 2. The zero-order chi connectivity index (χ0) is 16.7. The van der Waals surface area contributed by atoms with Gasteiger partial charge in [0.25, 0.3) is 5.91 Å². The molecule has 126 valence electrons. The van der Waals surface area contributed by atoms with E-state index >= 15 is 0 Å². The summed E-state index contributed by atoms with van der Waals surface area (Å²) in [6.45, 7) is 3.15. The molecule has 1 N–H and O–H groups in total. The predicted molar refractivity (Wildman–Crippen MR) is 87.9 cm³/mol. The standard InChI is InChI=1S/C17H17F2N3OS/c18-12-2-1-11(7-13(12)19)17-20-8-15(24-17)16(23)21-14-9-22-5-3-10(14)4-6-22/h1-2,7-8,10,14H,3-6,9H2,(H,21,23)/t14-/m0/s1. The van der Waals surface area contributed by atoms with Gasteiger partial charge in [-0.1, -0.05) is 0 Å².